The molecule has 3 rings (SSSR count). The van der Waals surface area contributed by atoms with Crippen molar-refractivity contribution in [1.82, 2.24) is 0 Å². The summed E-state index contributed by atoms with van der Waals surface area (Å²) < 4.78 is 12.5. The second-order valence-corrected chi connectivity index (χ2v) is 5.96. The molecule has 2 aromatic rings. The van der Waals surface area contributed by atoms with Crippen molar-refractivity contribution in [3.05, 3.63) is 58.1 Å². The predicted octanol–water partition coefficient (Wildman–Crippen LogP) is 3.89. The van der Waals surface area contributed by atoms with Gasteiger partial charge in [0.15, 0.2) is 0 Å². The average molecular weight is 349 g/mol. The molecule has 0 radical (unpaired) electrons. The summed E-state index contributed by atoms with van der Waals surface area (Å²) in [5.41, 5.74) is 2.08. The highest BCUT2D eigenvalue weighted by Crippen LogP contribution is 2.34. The summed E-state index contributed by atoms with van der Waals surface area (Å²) in [5, 5.41) is 9.12. The third-order valence-electron chi connectivity index (χ3n) is 3.70. The molecule has 3 nitrogen and oxygen atoms in total. The molecule has 4 heteroatoms. The Labute approximate surface area is 132 Å². The number of benzene rings is 2. The zero-order valence-electron chi connectivity index (χ0n) is 11.6. The summed E-state index contributed by atoms with van der Waals surface area (Å²) in [4.78, 5) is 0. The summed E-state index contributed by atoms with van der Waals surface area (Å²) in [6.45, 7) is 1.39. The summed E-state index contributed by atoms with van der Waals surface area (Å²) in [7, 11) is 0. The van der Waals surface area contributed by atoms with Gasteiger partial charge >= 0.3 is 0 Å². The first-order valence-corrected chi connectivity index (χ1v) is 7.81. The number of aliphatic hydroxyl groups is 1. The highest BCUT2D eigenvalue weighted by molar-refractivity contribution is 9.10. The van der Waals surface area contributed by atoms with E-state index < -0.39 is 0 Å². The topological polar surface area (TPSA) is 38.7 Å². The molecular weight excluding hydrogens is 332 g/mol. The van der Waals surface area contributed by atoms with Crippen molar-refractivity contribution in [1.29, 1.82) is 0 Å². The summed E-state index contributed by atoms with van der Waals surface area (Å²) in [6, 6.07) is 13.8. The normalized spacial score (nSPS) is 17.0. The Hall–Kier alpha value is -1.52. The van der Waals surface area contributed by atoms with Gasteiger partial charge in [0.2, 0.25) is 0 Å². The predicted molar refractivity (Wildman–Crippen MR) is 84.9 cm³/mol. The molecule has 1 N–H and O–H groups in total. The van der Waals surface area contributed by atoms with Crippen LogP contribution in [-0.4, -0.2) is 18.3 Å². The van der Waals surface area contributed by atoms with Crippen LogP contribution in [0.15, 0.2) is 46.9 Å². The van der Waals surface area contributed by atoms with Crippen LogP contribution in [0, 0.1) is 0 Å². The largest absolute Gasteiger partial charge is 0.493 e. The number of ether oxygens (including phenoxy) is 2. The number of para-hydroxylation sites is 1. The van der Waals surface area contributed by atoms with Crippen LogP contribution in [0.4, 0.5) is 0 Å². The Morgan fingerprint density at radius 1 is 1.24 bits per heavy atom. The Bertz CT molecular complexity index is 627. The van der Waals surface area contributed by atoms with Gasteiger partial charge in [-0.1, -0.05) is 24.3 Å². The van der Waals surface area contributed by atoms with Crippen LogP contribution in [0.1, 0.15) is 23.5 Å². The van der Waals surface area contributed by atoms with E-state index in [2.05, 4.69) is 22.0 Å². The van der Waals surface area contributed by atoms with Crippen LogP contribution in [0.3, 0.4) is 0 Å². The maximum atomic E-state index is 9.12. The first kappa shape index (κ1) is 14.4. The molecule has 0 bridgehead atoms. The van der Waals surface area contributed by atoms with Crippen LogP contribution in [0.2, 0.25) is 0 Å². The number of hydrogen-bond donors (Lipinski definition) is 1. The number of aliphatic hydroxyl groups excluding tert-OH is 1. The minimum Gasteiger partial charge on any atom is -0.493 e. The first-order chi connectivity index (χ1) is 10.3. The van der Waals surface area contributed by atoms with E-state index in [0.717, 1.165) is 34.6 Å². The summed E-state index contributed by atoms with van der Waals surface area (Å²) in [6.07, 6.45) is 0.962. The van der Waals surface area contributed by atoms with Gasteiger partial charge in [-0.25, -0.2) is 0 Å². The molecule has 1 aliphatic heterocycles. The Morgan fingerprint density at radius 3 is 2.90 bits per heavy atom. The molecule has 1 atom stereocenters. The number of halogens is 1. The monoisotopic (exact) mass is 348 g/mol. The Balaban J connectivity index is 1.71. The lowest BCUT2D eigenvalue weighted by Gasteiger charge is -2.26. The van der Waals surface area contributed by atoms with Crippen molar-refractivity contribution in [2.45, 2.75) is 18.9 Å². The van der Waals surface area contributed by atoms with Gasteiger partial charge in [-0.2, -0.15) is 0 Å². The fourth-order valence-electron chi connectivity index (χ4n) is 2.54. The quantitative estimate of drug-likeness (QED) is 0.910. The molecule has 0 saturated carbocycles. The van der Waals surface area contributed by atoms with Crippen molar-refractivity contribution < 1.29 is 14.6 Å². The van der Waals surface area contributed by atoms with Gasteiger partial charge in [-0.3, -0.25) is 0 Å². The zero-order valence-corrected chi connectivity index (χ0v) is 13.2. The highest BCUT2D eigenvalue weighted by Gasteiger charge is 2.21. The molecule has 1 aliphatic rings. The van der Waals surface area contributed by atoms with Crippen LogP contribution in [-0.2, 0) is 6.61 Å². The van der Waals surface area contributed by atoms with E-state index in [1.807, 2.05) is 36.4 Å². The molecular formula is C17H17BrO3. The first-order valence-electron chi connectivity index (χ1n) is 7.01. The Kier molecular flexibility index (Phi) is 4.46. The van der Waals surface area contributed by atoms with E-state index >= 15 is 0 Å². The molecule has 1 heterocycles. The fourth-order valence-corrected chi connectivity index (χ4v) is 3.08. The van der Waals surface area contributed by atoms with Gasteiger partial charge in [-0.15, -0.1) is 0 Å². The van der Waals surface area contributed by atoms with Gasteiger partial charge < -0.3 is 14.6 Å². The molecule has 0 saturated heterocycles. The van der Waals surface area contributed by atoms with Crippen molar-refractivity contribution in [3.63, 3.8) is 0 Å². The van der Waals surface area contributed by atoms with Gasteiger partial charge in [-0.05, 0) is 46.1 Å². The van der Waals surface area contributed by atoms with Crippen LogP contribution < -0.4 is 9.47 Å². The van der Waals surface area contributed by atoms with Crippen molar-refractivity contribution in [2.24, 2.45) is 0 Å². The lowest BCUT2D eigenvalue weighted by Crippen LogP contribution is -2.19. The third kappa shape index (κ3) is 3.22. The molecule has 0 aromatic heterocycles. The van der Waals surface area contributed by atoms with E-state index in [1.54, 1.807) is 0 Å². The summed E-state index contributed by atoms with van der Waals surface area (Å²) in [5.74, 6) is 2.11. The van der Waals surface area contributed by atoms with Gasteiger partial charge in [0.05, 0.1) is 24.3 Å². The van der Waals surface area contributed by atoms with E-state index in [1.165, 1.54) is 5.56 Å². The third-order valence-corrected chi connectivity index (χ3v) is 4.32. The van der Waals surface area contributed by atoms with Gasteiger partial charge in [0, 0.05) is 11.5 Å². The SMILES string of the molecule is OCc1ccc(OCC2CCOc3ccccc32)c(Br)c1. The van der Waals surface area contributed by atoms with Crippen LogP contribution in [0.25, 0.3) is 0 Å². The standard InChI is InChI=1S/C17H17BrO3/c18-15-9-12(10-19)5-6-17(15)21-11-13-7-8-20-16-4-2-1-3-14(13)16/h1-6,9,13,19H,7-8,10-11H2. The lowest BCUT2D eigenvalue weighted by molar-refractivity contribution is 0.216. The maximum absolute atomic E-state index is 9.12. The zero-order chi connectivity index (χ0) is 14.7. The number of rotatable bonds is 4. The van der Waals surface area contributed by atoms with Crippen molar-refractivity contribution >= 4 is 15.9 Å². The average Bonchev–Trinajstić information content (AvgIpc) is 2.53. The van der Waals surface area contributed by atoms with E-state index in [0.29, 0.717) is 12.5 Å². The fraction of sp³-hybridized carbons (Fsp3) is 0.294. The molecule has 2 aromatic carbocycles. The van der Waals surface area contributed by atoms with Crippen LogP contribution in [0.5, 0.6) is 11.5 Å². The maximum Gasteiger partial charge on any atom is 0.133 e. The molecule has 1 unspecified atom stereocenters. The second-order valence-electron chi connectivity index (χ2n) is 5.11. The van der Waals surface area contributed by atoms with Crippen molar-refractivity contribution in [3.8, 4) is 11.5 Å². The molecule has 0 aliphatic carbocycles. The smallest absolute Gasteiger partial charge is 0.133 e. The van der Waals surface area contributed by atoms with Crippen molar-refractivity contribution in [2.75, 3.05) is 13.2 Å². The van der Waals surface area contributed by atoms with E-state index in [4.69, 9.17) is 14.6 Å². The number of fused-ring (bicyclic) bond motifs is 1. The second kappa shape index (κ2) is 6.50. The highest BCUT2D eigenvalue weighted by atomic mass is 79.9. The molecule has 0 fully saturated rings. The molecule has 0 spiro atoms. The molecule has 21 heavy (non-hydrogen) atoms. The molecule has 0 amide bonds. The van der Waals surface area contributed by atoms with Gasteiger partial charge in [0.25, 0.3) is 0 Å². The Morgan fingerprint density at radius 2 is 2.10 bits per heavy atom. The van der Waals surface area contributed by atoms with E-state index in [-0.39, 0.29) is 6.61 Å². The van der Waals surface area contributed by atoms with E-state index in [9.17, 15) is 0 Å². The van der Waals surface area contributed by atoms with Crippen LogP contribution >= 0.6 is 15.9 Å². The van der Waals surface area contributed by atoms with Gasteiger partial charge in [0.1, 0.15) is 11.5 Å². The summed E-state index contributed by atoms with van der Waals surface area (Å²) >= 11 is 3.48. The minimum atomic E-state index is 0.0339. The lowest BCUT2D eigenvalue weighted by atomic mass is 9.94. The minimum absolute atomic E-state index is 0.0339. The molecule has 110 valence electrons. The number of hydrogen-bond acceptors (Lipinski definition) is 3.